The van der Waals surface area contributed by atoms with Gasteiger partial charge in [0, 0.05) is 33.1 Å². The average molecular weight is 613 g/mol. The van der Waals surface area contributed by atoms with Crippen LogP contribution in [0.5, 0.6) is 0 Å². The van der Waals surface area contributed by atoms with Crippen LogP contribution in [0.4, 0.5) is 14.5 Å². The number of halogens is 2. The Morgan fingerprint density at radius 1 is 0.860 bits per heavy atom. The molecule has 1 N–H and O–H groups in total. The van der Waals surface area contributed by atoms with E-state index in [2.05, 4.69) is 5.32 Å². The van der Waals surface area contributed by atoms with Crippen molar-refractivity contribution in [2.45, 2.75) is 57.2 Å². The third kappa shape index (κ3) is 8.39. The zero-order valence-electron chi connectivity index (χ0n) is 24.5. The topological polar surface area (TPSA) is 90.0 Å². The van der Waals surface area contributed by atoms with Crippen molar-refractivity contribution < 1.29 is 26.8 Å². The highest BCUT2D eigenvalue weighted by atomic mass is 32.2. The smallest absolute Gasteiger partial charge is 0.304 e. The second-order valence-electron chi connectivity index (χ2n) is 10.9. The Balaban J connectivity index is 1.75. The van der Waals surface area contributed by atoms with Crippen LogP contribution in [0.3, 0.4) is 0 Å². The molecule has 0 unspecified atom stereocenters. The van der Waals surface area contributed by atoms with Gasteiger partial charge in [-0.1, -0.05) is 73.9 Å². The molecule has 0 aliphatic heterocycles. The maximum atomic E-state index is 15.0. The molecule has 0 saturated heterocycles. The molecule has 4 rings (SSSR count). The monoisotopic (exact) mass is 612 g/mol. The van der Waals surface area contributed by atoms with Gasteiger partial charge in [-0.3, -0.25) is 9.59 Å². The Morgan fingerprint density at radius 3 is 2.12 bits per heavy atom. The van der Waals surface area contributed by atoms with Crippen molar-refractivity contribution >= 4 is 27.7 Å². The van der Waals surface area contributed by atoms with E-state index in [0.717, 1.165) is 48.0 Å². The Labute approximate surface area is 252 Å². The summed E-state index contributed by atoms with van der Waals surface area (Å²) < 4.78 is 57.1. The van der Waals surface area contributed by atoms with E-state index in [0.29, 0.717) is 9.87 Å². The third-order valence-electron chi connectivity index (χ3n) is 7.63. The Hall–Kier alpha value is -3.83. The first-order valence-electron chi connectivity index (χ1n) is 14.4. The van der Waals surface area contributed by atoms with Gasteiger partial charge in [-0.25, -0.2) is 13.1 Å². The number of para-hydroxylation sites is 1. The fourth-order valence-corrected chi connectivity index (χ4v) is 6.31. The molecular weight excluding hydrogens is 574 g/mol. The largest absolute Gasteiger partial charge is 0.352 e. The van der Waals surface area contributed by atoms with E-state index in [1.54, 1.807) is 0 Å². The summed E-state index contributed by atoms with van der Waals surface area (Å²) in [6.07, 6.45) is 4.91. The van der Waals surface area contributed by atoms with Crippen molar-refractivity contribution in [1.29, 1.82) is 0 Å². The molecule has 1 aliphatic carbocycles. The molecule has 1 atom stereocenters. The van der Waals surface area contributed by atoms with Crippen molar-refractivity contribution in [3.8, 4) is 0 Å². The van der Waals surface area contributed by atoms with E-state index in [4.69, 9.17) is 0 Å². The van der Waals surface area contributed by atoms with Crippen LogP contribution in [-0.2, 0) is 32.8 Å². The van der Waals surface area contributed by atoms with E-state index in [1.807, 2.05) is 30.3 Å². The van der Waals surface area contributed by atoms with Gasteiger partial charge < -0.3 is 10.2 Å². The van der Waals surface area contributed by atoms with Crippen LogP contribution in [0.2, 0.25) is 0 Å². The molecule has 1 fully saturated rings. The Morgan fingerprint density at radius 2 is 1.49 bits per heavy atom. The number of rotatable bonds is 12. The number of hydrogen-bond acceptors (Lipinski definition) is 4. The average Bonchev–Trinajstić information content (AvgIpc) is 3.00. The van der Waals surface area contributed by atoms with Gasteiger partial charge in [0.15, 0.2) is 0 Å². The molecule has 1 saturated carbocycles. The Bertz CT molecular complexity index is 1480. The summed E-state index contributed by atoms with van der Waals surface area (Å²) in [6.45, 7) is -0.855. The summed E-state index contributed by atoms with van der Waals surface area (Å²) in [5.41, 5.74) is 1.05. The summed E-state index contributed by atoms with van der Waals surface area (Å²) in [4.78, 5) is 29.5. The fraction of sp³-hybridized carbons (Fsp3) is 0.375. The molecule has 2 amide bonds. The van der Waals surface area contributed by atoms with Crippen molar-refractivity contribution in [2.75, 3.05) is 24.9 Å². The molecule has 0 radical (unpaired) electrons. The lowest BCUT2D eigenvalue weighted by atomic mass is 9.94. The van der Waals surface area contributed by atoms with E-state index < -0.39 is 40.3 Å². The van der Waals surface area contributed by atoms with Crippen LogP contribution in [0.25, 0.3) is 0 Å². The lowest BCUT2D eigenvalue weighted by Crippen LogP contribution is -2.55. The second kappa shape index (κ2) is 14.6. The molecule has 0 aromatic heterocycles. The summed E-state index contributed by atoms with van der Waals surface area (Å²) in [5, 5.41) is 3.12. The number of benzene rings is 3. The SMILES string of the molecule is CN(C)S(=O)(=O)N(CC(=O)N(Cc1ccc(F)cc1)[C@H](Cc1ccccc1)C(=O)NC1CCCCC1)c1ccccc1F. The lowest BCUT2D eigenvalue weighted by Gasteiger charge is -2.35. The van der Waals surface area contributed by atoms with Crippen LogP contribution < -0.4 is 9.62 Å². The first-order valence-corrected chi connectivity index (χ1v) is 15.8. The van der Waals surface area contributed by atoms with Crippen molar-refractivity contribution in [2.24, 2.45) is 0 Å². The third-order valence-corrected chi connectivity index (χ3v) is 9.43. The predicted molar refractivity (Wildman–Crippen MR) is 162 cm³/mol. The van der Waals surface area contributed by atoms with Gasteiger partial charge in [-0.2, -0.15) is 12.7 Å². The van der Waals surface area contributed by atoms with Gasteiger partial charge in [0.25, 0.3) is 0 Å². The lowest BCUT2D eigenvalue weighted by molar-refractivity contribution is -0.140. The molecule has 8 nitrogen and oxygen atoms in total. The first kappa shape index (κ1) is 32.1. The Kier molecular flexibility index (Phi) is 10.9. The summed E-state index contributed by atoms with van der Waals surface area (Å²) in [7, 11) is -1.74. The molecule has 1 aliphatic rings. The quantitative estimate of drug-likeness (QED) is 0.322. The van der Waals surface area contributed by atoms with Crippen LogP contribution in [0.1, 0.15) is 43.2 Å². The number of anilines is 1. The first-order chi connectivity index (χ1) is 20.6. The summed E-state index contributed by atoms with van der Waals surface area (Å²) >= 11 is 0. The van der Waals surface area contributed by atoms with Gasteiger partial charge in [0.1, 0.15) is 24.2 Å². The molecule has 43 heavy (non-hydrogen) atoms. The highest BCUT2D eigenvalue weighted by Crippen LogP contribution is 2.25. The van der Waals surface area contributed by atoms with E-state index in [1.165, 1.54) is 61.5 Å². The zero-order chi connectivity index (χ0) is 31.0. The molecule has 0 spiro atoms. The zero-order valence-corrected chi connectivity index (χ0v) is 25.3. The van der Waals surface area contributed by atoms with Crippen molar-refractivity contribution in [1.82, 2.24) is 14.5 Å². The minimum atomic E-state index is -4.32. The number of hydrogen-bond donors (Lipinski definition) is 1. The maximum absolute atomic E-state index is 15.0. The van der Waals surface area contributed by atoms with Crippen molar-refractivity contribution in [3.63, 3.8) is 0 Å². The molecule has 11 heteroatoms. The molecular formula is C32H38F2N4O4S. The minimum absolute atomic E-state index is 0.0358. The van der Waals surface area contributed by atoms with E-state index in [9.17, 15) is 26.8 Å². The van der Waals surface area contributed by atoms with Gasteiger partial charge in [-0.15, -0.1) is 0 Å². The van der Waals surface area contributed by atoms with Crippen LogP contribution >= 0.6 is 0 Å². The van der Waals surface area contributed by atoms with Gasteiger partial charge in [0.05, 0.1) is 5.69 Å². The number of carbonyl (C=O) groups is 2. The normalized spacial score (nSPS) is 14.7. The van der Waals surface area contributed by atoms with Crippen LogP contribution in [0.15, 0.2) is 78.9 Å². The van der Waals surface area contributed by atoms with Crippen molar-refractivity contribution in [3.05, 3.63) is 102 Å². The standard InChI is InChI=1S/C32H38F2N4O4S/c1-36(2)43(41,42)38(29-16-10-9-15-28(29)34)23-31(39)37(22-25-17-19-26(33)20-18-25)30(21-24-11-5-3-6-12-24)32(40)35-27-13-7-4-8-14-27/h3,5-6,9-12,15-20,27,30H,4,7-8,13-14,21-23H2,1-2H3,(H,35,40)/t30-/m1/s1. The molecule has 3 aromatic carbocycles. The highest BCUT2D eigenvalue weighted by Gasteiger charge is 2.36. The number of nitrogens with one attached hydrogen (secondary N) is 1. The van der Waals surface area contributed by atoms with Gasteiger partial charge >= 0.3 is 10.2 Å². The summed E-state index contributed by atoms with van der Waals surface area (Å²) in [6, 6.07) is 19.0. The fourth-order valence-electron chi connectivity index (χ4n) is 5.24. The molecule has 230 valence electrons. The number of amides is 2. The second-order valence-corrected chi connectivity index (χ2v) is 13.0. The molecule has 0 bridgehead atoms. The van der Waals surface area contributed by atoms with Crippen LogP contribution in [0, 0.1) is 11.6 Å². The molecule has 3 aromatic rings. The van der Waals surface area contributed by atoms with E-state index in [-0.39, 0.29) is 30.6 Å². The van der Waals surface area contributed by atoms with Gasteiger partial charge in [0.2, 0.25) is 11.8 Å². The van der Waals surface area contributed by atoms with Crippen LogP contribution in [-0.4, -0.2) is 62.2 Å². The number of nitrogens with zero attached hydrogens (tertiary/aromatic N) is 3. The number of carbonyl (C=O) groups excluding carboxylic acids is 2. The summed E-state index contributed by atoms with van der Waals surface area (Å²) in [5.74, 6) is -2.35. The van der Waals surface area contributed by atoms with Gasteiger partial charge in [-0.05, 0) is 48.2 Å². The predicted octanol–water partition coefficient (Wildman–Crippen LogP) is 4.67. The minimum Gasteiger partial charge on any atom is -0.352 e. The highest BCUT2D eigenvalue weighted by molar-refractivity contribution is 7.90. The maximum Gasteiger partial charge on any atom is 0.304 e. The van der Waals surface area contributed by atoms with E-state index >= 15 is 0 Å². The molecule has 0 heterocycles.